The van der Waals surface area contributed by atoms with E-state index in [0.29, 0.717) is 28.2 Å². The van der Waals surface area contributed by atoms with Crippen LogP contribution < -0.4 is 10.1 Å². The van der Waals surface area contributed by atoms with Crippen LogP contribution in [0.4, 0.5) is 0 Å². The van der Waals surface area contributed by atoms with Crippen molar-refractivity contribution >= 4 is 22.9 Å². The first kappa shape index (κ1) is 23.4. The number of fused-ring (bicyclic) bond motifs is 1. The molecule has 0 aliphatic carbocycles. The molecule has 0 fully saturated rings. The molecule has 0 radical (unpaired) electrons. The maximum absolute atomic E-state index is 13.1. The number of hydrogen-bond acceptors (Lipinski definition) is 7. The third kappa shape index (κ3) is 5.12. The fraction of sp³-hybridized carbons (Fsp3) is 0.192. The summed E-state index contributed by atoms with van der Waals surface area (Å²) in [6.07, 6.45) is 0.174. The van der Waals surface area contributed by atoms with Gasteiger partial charge in [-0.25, -0.2) is 14.5 Å². The van der Waals surface area contributed by atoms with Gasteiger partial charge in [0.25, 0.3) is 5.91 Å². The lowest BCUT2D eigenvalue weighted by molar-refractivity contribution is -0.124. The molecule has 9 nitrogen and oxygen atoms in total. The van der Waals surface area contributed by atoms with E-state index in [0.717, 1.165) is 11.3 Å². The summed E-state index contributed by atoms with van der Waals surface area (Å²) in [6, 6.07) is 20.4. The van der Waals surface area contributed by atoms with E-state index in [1.165, 1.54) is 0 Å². The Kier molecular flexibility index (Phi) is 7.02. The molecule has 0 aliphatic heterocycles. The Balaban J connectivity index is 1.77. The van der Waals surface area contributed by atoms with Crippen molar-refractivity contribution in [2.24, 2.45) is 0 Å². The largest absolute Gasteiger partial charge is 0.497 e. The number of methoxy groups -OCH3 is 1. The molecule has 0 saturated heterocycles. The van der Waals surface area contributed by atoms with Gasteiger partial charge in [0, 0.05) is 12.1 Å². The molecule has 0 spiro atoms. The van der Waals surface area contributed by atoms with Crippen LogP contribution in [0, 0.1) is 18.3 Å². The Hall–Kier alpha value is -4.71. The Labute approximate surface area is 201 Å². The van der Waals surface area contributed by atoms with E-state index in [-0.39, 0.29) is 18.5 Å². The highest BCUT2D eigenvalue weighted by Crippen LogP contribution is 2.30. The molecule has 0 aliphatic rings. The number of nitrogens with one attached hydrogen (secondary N) is 1. The van der Waals surface area contributed by atoms with Crippen molar-refractivity contribution < 1.29 is 19.1 Å². The van der Waals surface area contributed by atoms with E-state index >= 15 is 0 Å². The number of hydrogen-bond donors (Lipinski definition) is 1. The van der Waals surface area contributed by atoms with Crippen molar-refractivity contribution in [3.63, 3.8) is 0 Å². The molecule has 2 aromatic heterocycles. The van der Waals surface area contributed by atoms with Crippen LogP contribution >= 0.6 is 0 Å². The summed E-state index contributed by atoms with van der Waals surface area (Å²) >= 11 is 0. The minimum atomic E-state index is -0.668. The van der Waals surface area contributed by atoms with Crippen LogP contribution in [0.25, 0.3) is 28.0 Å². The molecule has 0 saturated carbocycles. The van der Waals surface area contributed by atoms with E-state index in [9.17, 15) is 9.59 Å². The summed E-state index contributed by atoms with van der Waals surface area (Å²) in [5, 5.41) is 16.3. The lowest BCUT2D eigenvalue weighted by atomic mass is 10.1. The zero-order chi connectivity index (χ0) is 24.8. The first-order valence-corrected chi connectivity index (χ1v) is 10.9. The number of pyridine rings is 1. The molecule has 4 rings (SSSR count). The van der Waals surface area contributed by atoms with Gasteiger partial charge in [-0.1, -0.05) is 18.2 Å². The van der Waals surface area contributed by atoms with Gasteiger partial charge < -0.3 is 14.8 Å². The summed E-state index contributed by atoms with van der Waals surface area (Å²) in [5.74, 6) is -0.452. The van der Waals surface area contributed by atoms with Crippen LogP contribution in [-0.2, 0) is 9.53 Å². The minimum Gasteiger partial charge on any atom is -0.497 e. The standard InChI is InChI=1S/C26H23N5O4/c1-17-24-21(26(33)35-16-23(32)28-14-6-13-27)15-22(18-9-11-20(34-2)12-10-18)29-25(24)31(30-17)19-7-4-3-5-8-19/h3-5,7-12,15H,6,14,16H2,1-2H3,(H,28,32). The van der Waals surface area contributed by atoms with Gasteiger partial charge in [0.2, 0.25) is 0 Å². The SMILES string of the molecule is COc1ccc(-c2cc(C(=O)OCC(=O)NCCC#N)c3c(C)nn(-c4ccccc4)c3n2)cc1. The maximum atomic E-state index is 13.1. The molecule has 2 aromatic carbocycles. The number of aromatic nitrogens is 3. The molecule has 9 heteroatoms. The summed E-state index contributed by atoms with van der Waals surface area (Å²) in [7, 11) is 1.59. The van der Waals surface area contributed by atoms with Gasteiger partial charge in [-0.3, -0.25) is 4.79 Å². The third-order valence-corrected chi connectivity index (χ3v) is 5.31. The van der Waals surface area contributed by atoms with Gasteiger partial charge in [0.05, 0.1) is 47.6 Å². The van der Waals surface area contributed by atoms with Crippen molar-refractivity contribution in [3.05, 3.63) is 71.9 Å². The number of para-hydroxylation sites is 1. The molecular formula is C26H23N5O4. The topological polar surface area (TPSA) is 119 Å². The second-order valence-corrected chi connectivity index (χ2v) is 7.65. The van der Waals surface area contributed by atoms with Crippen molar-refractivity contribution in [2.75, 3.05) is 20.3 Å². The Morgan fingerprint density at radius 2 is 1.86 bits per heavy atom. The molecule has 1 N–H and O–H groups in total. The molecule has 176 valence electrons. The number of aryl methyl sites for hydroxylation is 1. The maximum Gasteiger partial charge on any atom is 0.339 e. The van der Waals surface area contributed by atoms with E-state index < -0.39 is 18.5 Å². The van der Waals surface area contributed by atoms with Crippen molar-refractivity contribution in [3.8, 4) is 28.8 Å². The number of carbonyl (C=O) groups is 2. The van der Waals surface area contributed by atoms with E-state index in [2.05, 4.69) is 10.4 Å². The molecule has 0 atom stereocenters. The average Bonchev–Trinajstić information content (AvgIpc) is 3.23. The fourth-order valence-electron chi connectivity index (χ4n) is 3.63. The van der Waals surface area contributed by atoms with Crippen molar-refractivity contribution in [2.45, 2.75) is 13.3 Å². The predicted molar refractivity (Wildman–Crippen MR) is 129 cm³/mol. The van der Waals surface area contributed by atoms with Gasteiger partial charge in [-0.05, 0) is 49.4 Å². The second kappa shape index (κ2) is 10.5. The predicted octanol–water partition coefficient (Wildman–Crippen LogP) is 3.59. The fourth-order valence-corrected chi connectivity index (χ4v) is 3.63. The van der Waals surface area contributed by atoms with Gasteiger partial charge >= 0.3 is 5.97 Å². The molecule has 1 amide bonds. The number of rotatable bonds is 8. The van der Waals surface area contributed by atoms with Gasteiger partial charge in [0.1, 0.15) is 5.75 Å². The first-order valence-electron chi connectivity index (χ1n) is 10.9. The highest BCUT2D eigenvalue weighted by atomic mass is 16.5. The lowest BCUT2D eigenvalue weighted by Gasteiger charge is -2.10. The number of esters is 1. The number of benzene rings is 2. The second-order valence-electron chi connectivity index (χ2n) is 7.65. The molecule has 2 heterocycles. The van der Waals surface area contributed by atoms with Crippen LogP contribution in [0.2, 0.25) is 0 Å². The summed E-state index contributed by atoms with van der Waals surface area (Å²) in [6.45, 7) is 1.52. The molecular weight excluding hydrogens is 446 g/mol. The molecule has 4 aromatic rings. The van der Waals surface area contributed by atoms with Gasteiger partial charge in [-0.15, -0.1) is 0 Å². The summed E-state index contributed by atoms with van der Waals surface area (Å²) < 4.78 is 12.2. The quantitative estimate of drug-likeness (QED) is 0.309. The van der Waals surface area contributed by atoms with E-state index in [1.54, 1.807) is 24.8 Å². The summed E-state index contributed by atoms with van der Waals surface area (Å²) in [5.41, 5.74) is 3.46. The van der Waals surface area contributed by atoms with Crippen LogP contribution in [-0.4, -0.2) is 46.9 Å². The number of carbonyl (C=O) groups excluding carboxylic acids is 2. The highest BCUT2D eigenvalue weighted by molar-refractivity contribution is 6.05. The molecule has 35 heavy (non-hydrogen) atoms. The number of nitrogens with zero attached hydrogens (tertiary/aromatic N) is 4. The normalized spacial score (nSPS) is 10.5. The van der Waals surface area contributed by atoms with Crippen LogP contribution in [0.5, 0.6) is 5.75 Å². The zero-order valence-electron chi connectivity index (χ0n) is 19.3. The first-order chi connectivity index (χ1) is 17.0. The Morgan fingerprint density at radius 3 is 2.54 bits per heavy atom. The van der Waals surface area contributed by atoms with Crippen molar-refractivity contribution in [1.29, 1.82) is 5.26 Å². The lowest BCUT2D eigenvalue weighted by Crippen LogP contribution is -2.29. The highest BCUT2D eigenvalue weighted by Gasteiger charge is 2.22. The van der Waals surface area contributed by atoms with Crippen LogP contribution in [0.1, 0.15) is 22.5 Å². The third-order valence-electron chi connectivity index (χ3n) is 5.31. The monoisotopic (exact) mass is 469 g/mol. The number of ether oxygens (including phenoxy) is 2. The molecule has 0 unspecified atom stereocenters. The molecule has 0 bridgehead atoms. The van der Waals surface area contributed by atoms with E-state index in [4.69, 9.17) is 19.7 Å². The van der Waals surface area contributed by atoms with Gasteiger partial charge in [0.15, 0.2) is 12.3 Å². The van der Waals surface area contributed by atoms with Gasteiger partial charge in [-0.2, -0.15) is 10.4 Å². The Morgan fingerprint density at radius 1 is 1.11 bits per heavy atom. The summed E-state index contributed by atoms with van der Waals surface area (Å²) in [4.78, 5) is 29.9. The number of nitriles is 1. The van der Waals surface area contributed by atoms with Crippen LogP contribution in [0.15, 0.2) is 60.7 Å². The number of amides is 1. The smallest absolute Gasteiger partial charge is 0.339 e. The van der Waals surface area contributed by atoms with Crippen LogP contribution in [0.3, 0.4) is 0 Å². The van der Waals surface area contributed by atoms with E-state index in [1.807, 2.05) is 60.7 Å². The minimum absolute atomic E-state index is 0.174. The zero-order valence-corrected chi connectivity index (χ0v) is 19.3. The average molecular weight is 470 g/mol. The Bertz CT molecular complexity index is 1410. The van der Waals surface area contributed by atoms with Crippen molar-refractivity contribution in [1.82, 2.24) is 20.1 Å².